The molecule has 402 valence electrons. The van der Waals surface area contributed by atoms with Gasteiger partial charge in [0.25, 0.3) is 11.8 Å². The monoisotopic (exact) mass is 1060 g/mol. The van der Waals surface area contributed by atoms with E-state index in [4.69, 9.17) is 9.15 Å². The Morgan fingerprint density at radius 1 is 0.722 bits per heavy atom. The summed E-state index contributed by atoms with van der Waals surface area (Å²) in [6, 6.07) is 43.2. The summed E-state index contributed by atoms with van der Waals surface area (Å²) in [5.41, 5.74) is 3.05. The summed E-state index contributed by atoms with van der Waals surface area (Å²) >= 11 is 0. The number of carboxylic acids is 1. The number of fused-ring (bicyclic) bond motifs is 3. The Morgan fingerprint density at radius 3 is 2.10 bits per heavy atom. The Morgan fingerprint density at radius 2 is 1.41 bits per heavy atom. The summed E-state index contributed by atoms with van der Waals surface area (Å²) in [4.78, 5) is 85.5. The fourth-order valence-electron chi connectivity index (χ4n) is 9.53. The lowest BCUT2D eigenvalue weighted by Gasteiger charge is -2.28. The maximum atomic E-state index is 14.5. The number of carbonyl (C=O) groups excluding carboxylic acids is 6. The zero-order chi connectivity index (χ0) is 56.0. The highest BCUT2D eigenvalue weighted by atomic mass is 16.5. The lowest BCUT2D eigenvalue weighted by atomic mass is 9.88. The molecule has 2 aliphatic heterocycles. The lowest BCUT2D eigenvalue weighted by molar-refractivity contribution is -0.255. The van der Waals surface area contributed by atoms with Crippen molar-refractivity contribution in [2.75, 3.05) is 38.4 Å². The Bertz CT molecular complexity index is 3650. The normalized spacial score (nSPS) is 14.7. The largest absolute Gasteiger partial charge is 0.545 e. The number of hydrogen-bond acceptors (Lipinski definition) is 11. The molecule has 79 heavy (non-hydrogen) atoms. The Labute approximate surface area is 455 Å². The van der Waals surface area contributed by atoms with Crippen LogP contribution in [0.3, 0.4) is 0 Å². The molecule has 0 aromatic heterocycles. The smallest absolute Gasteiger partial charge is 0.261 e. The summed E-state index contributed by atoms with van der Waals surface area (Å²) in [6.45, 7) is 1.76. The van der Waals surface area contributed by atoms with E-state index in [9.17, 15) is 39.0 Å². The van der Waals surface area contributed by atoms with E-state index < -0.39 is 65.7 Å². The van der Waals surface area contributed by atoms with Gasteiger partial charge in [0.1, 0.15) is 55.9 Å². The number of benzene rings is 7. The molecule has 6 aromatic rings. The van der Waals surface area contributed by atoms with Gasteiger partial charge in [-0.25, -0.2) is 4.58 Å². The van der Waals surface area contributed by atoms with E-state index in [1.54, 1.807) is 72.8 Å². The van der Waals surface area contributed by atoms with E-state index in [1.807, 2.05) is 110 Å². The Balaban J connectivity index is 0.999. The first-order chi connectivity index (χ1) is 37.9. The van der Waals surface area contributed by atoms with Crippen LogP contribution < -0.4 is 51.3 Å². The maximum Gasteiger partial charge on any atom is 0.261 e. The third kappa shape index (κ3) is 12.2. The van der Waals surface area contributed by atoms with Gasteiger partial charge in [-0.15, -0.1) is 0 Å². The van der Waals surface area contributed by atoms with Gasteiger partial charge in [0.2, 0.25) is 23.1 Å². The zero-order valence-corrected chi connectivity index (χ0v) is 44.2. The van der Waals surface area contributed by atoms with Crippen LogP contribution in [0.2, 0.25) is 0 Å². The highest BCUT2D eigenvalue weighted by molar-refractivity contribution is 6.09. The highest BCUT2D eigenvalue weighted by Gasteiger charge is 2.48. The van der Waals surface area contributed by atoms with Gasteiger partial charge in [0, 0.05) is 90.2 Å². The van der Waals surface area contributed by atoms with Crippen LogP contribution in [0.4, 0.5) is 11.4 Å². The number of ether oxygens (including phenoxy) is 1. The van der Waals surface area contributed by atoms with Crippen LogP contribution in [0, 0.1) is 0 Å². The topological polar surface area (TPSA) is 234 Å². The van der Waals surface area contributed by atoms with Crippen LogP contribution in [0.25, 0.3) is 33.4 Å². The Hall–Kier alpha value is -9.61. The molecule has 0 fully saturated rings. The van der Waals surface area contributed by atoms with Crippen LogP contribution in [0.1, 0.15) is 56.3 Å². The molecule has 17 heteroatoms. The lowest BCUT2D eigenvalue weighted by Crippen LogP contribution is -2.57. The Kier molecular flexibility index (Phi) is 16.0. The predicted molar refractivity (Wildman–Crippen MR) is 298 cm³/mol. The van der Waals surface area contributed by atoms with E-state index in [-0.39, 0.29) is 35.2 Å². The van der Waals surface area contributed by atoms with Gasteiger partial charge in [0.05, 0.1) is 12.0 Å². The standard InChI is InChI=1S/C62H59N7O10/c1-37(56(70)66-52(58(72)63-35-39-14-8-6-9-15-39)34-62(77)49-18-12-13-19-50(49)67-61(62)76)64-59(73)51(30-38-20-25-44(26-21-38)78-36-40-16-10-7-11-17-40)65-57(71)41-22-27-45(48(31-41)60(74)75)55-46-28-23-42(68(2)3)32-53(46)79-54-33-43(69(4)5)24-29-47(54)55/h6-29,31-33,37,51-52,77H,30,34-36H2,1-5H3,(H5-,63,64,65,66,67,70,71,72,73,74,75,76)/t37-,51-,52-,62+/m0/s1. The maximum absolute atomic E-state index is 14.5. The van der Waals surface area contributed by atoms with Crippen LogP contribution in [-0.4, -0.2) is 86.9 Å². The highest BCUT2D eigenvalue weighted by Crippen LogP contribution is 2.43. The minimum atomic E-state index is -2.21. The van der Waals surface area contributed by atoms with Crippen LogP contribution in [-0.2, 0) is 44.4 Å². The average Bonchev–Trinajstić information content (AvgIpc) is 3.99. The van der Waals surface area contributed by atoms with Gasteiger partial charge >= 0.3 is 0 Å². The van der Waals surface area contributed by atoms with Gasteiger partial charge in [-0.05, 0) is 77.7 Å². The summed E-state index contributed by atoms with van der Waals surface area (Å²) in [7, 11) is 7.59. The third-order valence-electron chi connectivity index (χ3n) is 13.9. The number of carbonyl (C=O) groups is 6. The molecule has 3 aliphatic rings. The van der Waals surface area contributed by atoms with Crippen LogP contribution >= 0.6 is 0 Å². The van der Waals surface area contributed by atoms with Gasteiger partial charge in [-0.1, -0.05) is 97.1 Å². The minimum Gasteiger partial charge on any atom is -0.545 e. The fourth-order valence-corrected chi connectivity index (χ4v) is 9.53. The molecule has 17 nitrogen and oxygen atoms in total. The van der Waals surface area contributed by atoms with E-state index in [1.165, 1.54) is 25.1 Å². The van der Waals surface area contributed by atoms with Crippen molar-refractivity contribution < 1.29 is 48.1 Å². The van der Waals surface area contributed by atoms with Gasteiger partial charge in [-0.2, -0.15) is 0 Å². The van der Waals surface area contributed by atoms with Crippen LogP contribution in [0.15, 0.2) is 168 Å². The molecule has 6 N–H and O–H groups in total. The number of anilines is 2. The summed E-state index contributed by atoms with van der Waals surface area (Å²) in [6.07, 6.45) is -0.655. The number of aliphatic hydroxyl groups is 1. The molecule has 5 amide bonds. The van der Waals surface area contributed by atoms with Crippen molar-refractivity contribution in [3.05, 3.63) is 203 Å². The predicted octanol–water partition coefficient (Wildman–Crippen LogP) is 5.12. The summed E-state index contributed by atoms with van der Waals surface area (Å²) in [5, 5.41) is 40.0. The molecule has 0 unspecified atom stereocenters. The van der Waals surface area contributed by atoms with Crippen molar-refractivity contribution in [3.63, 3.8) is 0 Å². The quantitative estimate of drug-likeness (QED) is 0.0460. The molecule has 0 bridgehead atoms. The van der Waals surface area contributed by atoms with E-state index in [0.29, 0.717) is 51.5 Å². The molecule has 0 spiro atoms. The molecule has 0 saturated carbocycles. The number of hydrogen-bond donors (Lipinski definition) is 6. The SMILES string of the molecule is C[C@H](NC(=O)[C@H](Cc1ccc(OCc2ccccc2)cc1)NC(=O)c1ccc(-c2c3ccc(=[N+](C)C)cc-3oc3cc(N(C)C)ccc23)c(C(=O)[O-])c1)C(=O)N[C@@H](C[C@]1(O)C(=O)Nc2ccccc21)C(=O)NCc1ccccc1. The molecule has 2 heterocycles. The number of carboxylic acid groups (broad SMARTS) is 1. The molecular formula is C62H59N7O10. The number of nitrogens with one attached hydrogen (secondary N) is 5. The average molecular weight is 1060 g/mol. The molecular weight excluding hydrogens is 1000 g/mol. The van der Waals surface area contributed by atoms with E-state index in [0.717, 1.165) is 22.2 Å². The van der Waals surface area contributed by atoms with E-state index in [2.05, 4.69) is 26.6 Å². The minimum absolute atomic E-state index is 0.0696. The third-order valence-corrected chi connectivity index (χ3v) is 13.9. The van der Waals surface area contributed by atoms with Crippen molar-refractivity contribution in [1.29, 1.82) is 0 Å². The van der Waals surface area contributed by atoms with Gasteiger partial charge in [0.15, 0.2) is 5.60 Å². The first kappa shape index (κ1) is 54.2. The second-order valence-corrected chi connectivity index (χ2v) is 19.9. The van der Waals surface area contributed by atoms with Crippen LogP contribution in [0.5, 0.6) is 5.75 Å². The van der Waals surface area contributed by atoms with E-state index >= 15 is 0 Å². The first-order valence-corrected chi connectivity index (χ1v) is 25.6. The molecule has 4 atom stereocenters. The fraction of sp³-hybridized carbons (Fsp3) is 0.210. The second-order valence-electron chi connectivity index (χ2n) is 19.9. The molecule has 0 radical (unpaired) electrons. The number of amides is 5. The van der Waals surface area contributed by atoms with Crippen molar-refractivity contribution in [1.82, 2.24) is 25.8 Å². The summed E-state index contributed by atoms with van der Waals surface area (Å²) in [5.74, 6) is -4.44. The second kappa shape index (κ2) is 23.3. The van der Waals surface area contributed by atoms with Gasteiger partial charge < -0.3 is 55.6 Å². The van der Waals surface area contributed by atoms with Crippen molar-refractivity contribution in [2.45, 2.75) is 56.6 Å². The van der Waals surface area contributed by atoms with Crippen molar-refractivity contribution >= 4 is 57.8 Å². The first-order valence-electron chi connectivity index (χ1n) is 25.6. The summed E-state index contributed by atoms with van der Waals surface area (Å²) < 4.78 is 14.4. The number of aromatic carboxylic acids is 1. The molecule has 0 saturated heterocycles. The molecule has 1 aliphatic carbocycles. The zero-order valence-electron chi connectivity index (χ0n) is 44.2. The molecule has 9 rings (SSSR count). The van der Waals surface area contributed by atoms with Gasteiger partial charge in [-0.3, -0.25) is 24.0 Å². The van der Waals surface area contributed by atoms with Crippen molar-refractivity contribution in [2.24, 2.45) is 0 Å². The number of nitrogens with zero attached hydrogens (tertiary/aromatic N) is 2. The van der Waals surface area contributed by atoms with Crippen molar-refractivity contribution in [3.8, 4) is 28.2 Å². The number of para-hydroxylation sites is 1. The molecule has 6 aromatic carbocycles. The number of rotatable bonds is 19.